The van der Waals surface area contributed by atoms with Crippen LogP contribution in [0.15, 0.2) is 36.7 Å². The largest absolute Gasteiger partial charge is 0.423 e. The quantitative estimate of drug-likeness (QED) is 0.701. The van der Waals surface area contributed by atoms with Gasteiger partial charge in [0.15, 0.2) is 0 Å². The molecule has 0 aliphatic carbocycles. The first-order chi connectivity index (χ1) is 12.0. The summed E-state index contributed by atoms with van der Waals surface area (Å²) in [5.74, 6) is 0. The third kappa shape index (κ3) is 3.10. The number of aliphatic hydroxyl groups is 1. The first-order valence-corrected chi connectivity index (χ1v) is 8.59. The van der Waals surface area contributed by atoms with Gasteiger partial charge in [0.2, 0.25) is 0 Å². The molecule has 26 heavy (non-hydrogen) atoms. The number of aromatic nitrogens is 2. The van der Waals surface area contributed by atoms with Crippen LogP contribution < -0.4 is 5.46 Å². The number of fused-ring (bicyclic) bond motifs is 3. The number of alkyl halides is 2. The zero-order valence-electron chi connectivity index (χ0n) is 15.6. The number of benzene rings is 1. The third-order valence-electron chi connectivity index (χ3n) is 5.24. The first-order valence-electron chi connectivity index (χ1n) is 8.59. The van der Waals surface area contributed by atoms with E-state index in [1.165, 1.54) is 6.20 Å². The highest BCUT2D eigenvalue weighted by Crippen LogP contribution is 2.32. The maximum atomic E-state index is 13.7. The van der Waals surface area contributed by atoms with Crippen molar-refractivity contribution in [2.45, 2.75) is 52.3 Å². The van der Waals surface area contributed by atoms with E-state index < -0.39 is 17.8 Å². The van der Waals surface area contributed by atoms with Crippen LogP contribution in [0.1, 0.15) is 34.2 Å². The van der Waals surface area contributed by atoms with Crippen molar-refractivity contribution in [3.05, 3.63) is 36.7 Å². The third-order valence-corrected chi connectivity index (χ3v) is 5.24. The number of rotatable bonds is 5. The van der Waals surface area contributed by atoms with E-state index in [9.17, 15) is 13.9 Å². The van der Waals surface area contributed by atoms with Crippen LogP contribution in [0.25, 0.3) is 21.8 Å². The van der Waals surface area contributed by atoms with Gasteiger partial charge in [0, 0.05) is 23.2 Å². The smallest absolute Gasteiger partial charge is 0.324 e. The standard InChI is InChI=1S/C19H23BF2N2O2/c1-18(2,25)19(3,4)26-20(5)12-6-7-13-14-11-23-9-8-15(14)24(17(21)22)16(13)10-12/h6-11,17,25H,1-5H3. The molecule has 138 valence electrons. The van der Waals surface area contributed by atoms with Crippen LogP contribution in [-0.2, 0) is 4.65 Å². The van der Waals surface area contributed by atoms with Crippen LogP contribution in [0.3, 0.4) is 0 Å². The van der Waals surface area contributed by atoms with Crippen molar-refractivity contribution in [1.82, 2.24) is 9.55 Å². The fourth-order valence-corrected chi connectivity index (χ4v) is 3.03. The van der Waals surface area contributed by atoms with Gasteiger partial charge in [0.25, 0.3) is 0 Å². The van der Waals surface area contributed by atoms with E-state index in [1.807, 2.05) is 32.8 Å². The van der Waals surface area contributed by atoms with E-state index in [4.69, 9.17) is 4.65 Å². The van der Waals surface area contributed by atoms with Crippen molar-refractivity contribution in [3.8, 4) is 0 Å². The van der Waals surface area contributed by atoms with E-state index in [1.54, 1.807) is 32.2 Å². The summed E-state index contributed by atoms with van der Waals surface area (Å²) in [6.45, 7) is 5.81. The van der Waals surface area contributed by atoms with E-state index in [0.717, 1.165) is 15.4 Å². The van der Waals surface area contributed by atoms with Crippen LogP contribution in [0, 0.1) is 0 Å². The molecule has 2 heterocycles. The molecular weight excluding hydrogens is 337 g/mol. The highest BCUT2D eigenvalue weighted by atomic mass is 19.3. The molecule has 0 amide bonds. The minimum Gasteiger partial charge on any atom is -0.423 e. The van der Waals surface area contributed by atoms with Crippen molar-refractivity contribution in [1.29, 1.82) is 0 Å². The fraction of sp³-hybridized carbons (Fsp3) is 0.421. The highest BCUT2D eigenvalue weighted by molar-refractivity contribution is 6.66. The van der Waals surface area contributed by atoms with Gasteiger partial charge in [-0.1, -0.05) is 19.0 Å². The van der Waals surface area contributed by atoms with Crippen LogP contribution in [0.4, 0.5) is 8.78 Å². The van der Waals surface area contributed by atoms with Crippen molar-refractivity contribution in [2.24, 2.45) is 0 Å². The Balaban J connectivity index is 2.09. The van der Waals surface area contributed by atoms with Crippen molar-refractivity contribution < 1.29 is 18.5 Å². The molecule has 1 aromatic carbocycles. The van der Waals surface area contributed by atoms with Gasteiger partial charge in [-0.25, -0.2) is 0 Å². The molecule has 0 spiro atoms. The SMILES string of the molecule is CB(OC(C)(C)C(C)(C)O)c1ccc2c3cnccc3n(C(F)F)c2c1. The molecule has 7 heteroatoms. The monoisotopic (exact) mass is 360 g/mol. The van der Waals surface area contributed by atoms with Gasteiger partial charge < -0.3 is 9.76 Å². The molecule has 0 fully saturated rings. The van der Waals surface area contributed by atoms with Gasteiger partial charge in [-0.2, -0.15) is 8.78 Å². The van der Waals surface area contributed by atoms with Crippen molar-refractivity contribution >= 4 is 34.2 Å². The zero-order chi connectivity index (χ0) is 19.3. The molecule has 0 unspecified atom stereocenters. The lowest BCUT2D eigenvalue weighted by Gasteiger charge is -2.39. The molecule has 3 rings (SSSR count). The van der Waals surface area contributed by atoms with Gasteiger partial charge in [-0.3, -0.25) is 9.55 Å². The summed E-state index contributed by atoms with van der Waals surface area (Å²) < 4.78 is 34.5. The number of halogens is 2. The zero-order valence-corrected chi connectivity index (χ0v) is 15.6. The lowest BCUT2D eigenvalue weighted by Crippen LogP contribution is -2.52. The molecule has 0 radical (unpaired) electrons. The molecular formula is C19H23BF2N2O2. The van der Waals surface area contributed by atoms with Crippen LogP contribution in [0.2, 0.25) is 6.82 Å². The summed E-state index contributed by atoms with van der Waals surface area (Å²) in [4.78, 5) is 4.06. The van der Waals surface area contributed by atoms with Gasteiger partial charge in [0.05, 0.1) is 22.2 Å². The Bertz CT molecular complexity index is 948. The topological polar surface area (TPSA) is 47.3 Å². The first kappa shape index (κ1) is 18.8. The Labute approximate surface area is 151 Å². The van der Waals surface area contributed by atoms with Gasteiger partial charge in [-0.05, 0) is 45.3 Å². The molecule has 2 aromatic heterocycles. The maximum Gasteiger partial charge on any atom is 0.324 e. The Morgan fingerprint density at radius 3 is 2.42 bits per heavy atom. The normalized spacial score (nSPS) is 13.1. The molecule has 3 aromatic rings. The van der Waals surface area contributed by atoms with Crippen LogP contribution >= 0.6 is 0 Å². The Morgan fingerprint density at radius 1 is 1.12 bits per heavy atom. The lowest BCUT2D eigenvalue weighted by molar-refractivity contribution is -0.0918. The van der Waals surface area contributed by atoms with Crippen LogP contribution in [-0.4, -0.2) is 32.8 Å². The predicted molar refractivity (Wildman–Crippen MR) is 101 cm³/mol. The summed E-state index contributed by atoms with van der Waals surface area (Å²) >= 11 is 0. The molecule has 0 aliphatic heterocycles. The summed E-state index contributed by atoms with van der Waals surface area (Å²) in [5, 5.41) is 11.7. The summed E-state index contributed by atoms with van der Waals surface area (Å²) in [5.41, 5.74) is -0.188. The minimum atomic E-state index is -2.66. The molecule has 0 saturated carbocycles. The Kier molecular flexibility index (Phi) is 4.57. The van der Waals surface area contributed by atoms with Crippen molar-refractivity contribution in [2.75, 3.05) is 0 Å². The minimum absolute atomic E-state index is 0.372. The van der Waals surface area contributed by atoms with E-state index in [0.29, 0.717) is 16.4 Å². The number of nitrogens with zero attached hydrogens (tertiary/aromatic N) is 2. The fourth-order valence-electron chi connectivity index (χ4n) is 3.03. The average Bonchev–Trinajstić information content (AvgIpc) is 2.87. The van der Waals surface area contributed by atoms with Gasteiger partial charge in [0.1, 0.15) is 0 Å². The summed E-state index contributed by atoms with van der Waals surface area (Å²) in [6.07, 6.45) is 3.12. The molecule has 0 saturated heterocycles. The molecule has 0 bridgehead atoms. The van der Waals surface area contributed by atoms with E-state index >= 15 is 0 Å². The molecule has 4 nitrogen and oxygen atoms in total. The summed E-state index contributed by atoms with van der Waals surface area (Å²) in [7, 11) is 0. The average molecular weight is 360 g/mol. The Morgan fingerprint density at radius 2 is 1.81 bits per heavy atom. The molecule has 0 aliphatic rings. The number of pyridine rings is 1. The van der Waals surface area contributed by atoms with Gasteiger partial charge >= 0.3 is 13.5 Å². The predicted octanol–water partition coefficient (Wildman–Crippen LogP) is 3.98. The second-order valence-electron chi connectivity index (χ2n) is 7.65. The van der Waals surface area contributed by atoms with Crippen LogP contribution in [0.5, 0.6) is 0 Å². The lowest BCUT2D eigenvalue weighted by atomic mass is 9.62. The highest BCUT2D eigenvalue weighted by Gasteiger charge is 2.38. The number of hydrogen-bond acceptors (Lipinski definition) is 3. The van der Waals surface area contributed by atoms with E-state index in [-0.39, 0.29) is 6.92 Å². The second-order valence-corrected chi connectivity index (χ2v) is 7.65. The molecule has 1 N–H and O–H groups in total. The van der Waals surface area contributed by atoms with Gasteiger partial charge in [-0.15, -0.1) is 0 Å². The maximum absolute atomic E-state index is 13.7. The Hall–Kier alpha value is -1.99. The van der Waals surface area contributed by atoms with E-state index in [2.05, 4.69) is 4.98 Å². The summed E-state index contributed by atoms with van der Waals surface area (Å²) in [6, 6.07) is 7.02. The second kappa shape index (κ2) is 6.32. The van der Waals surface area contributed by atoms with Crippen molar-refractivity contribution in [3.63, 3.8) is 0 Å². The molecule has 0 atom stereocenters. The number of hydrogen-bond donors (Lipinski definition) is 1.